The standard InChI is InChI=1S/C15H15ClN2O/c16-12-5-3-11(4-6-12)15(7-1-2-8-15)14(19)18-10-13(18)9-17/h3-6,13H,1-2,7-8,10H2. The van der Waals surface area contributed by atoms with Crippen LogP contribution in [0.25, 0.3) is 0 Å². The van der Waals surface area contributed by atoms with Gasteiger partial charge in [-0.1, -0.05) is 36.6 Å². The predicted octanol–water partition coefficient (Wildman–Crippen LogP) is 2.89. The number of rotatable bonds is 2. The summed E-state index contributed by atoms with van der Waals surface area (Å²) in [6.45, 7) is 0.588. The van der Waals surface area contributed by atoms with Crippen molar-refractivity contribution in [2.24, 2.45) is 0 Å². The molecule has 2 fully saturated rings. The maximum absolute atomic E-state index is 12.7. The molecular formula is C15H15ClN2O. The van der Waals surface area contributed by atoms with Crippen molar-refractivity contribution < 1.29 is 4.79 Å². The molecule has 1 aromatic rings. The smallest absolute Gasteiger partial charge is 0.234 e. The molecule has 1 unspecified atom stereocenters. The molecule has 3 rings (SSSR count). The minimum Gasteiger partial charge on any atom is -0.321 e. The summed E-state index contributed by atoms with van der Waals surface area (Å²) in [5, 5.41) is 9.58. The van der Waals surface area contributed by atoms with Crippen LogP contribution in [-0.4, -0.2) is 23.4 Å². The zero-order chi connectivity index (χ0) is 13.5. The summed E-state index contributed by atoms with van der Waals surface area (Å²) < 4.78 is 0. The van der Waals surface area contributed by atoms with Crippen molar-refractivity contribution in [1.29, 1.82) is 5.26 Å². The van der Waals surface area contributed by atoms with E-state index in [4.69, 9.17) is 16.9 Å². The van der Waals surface area contributed by atoms with Crippen LogP contribution in [-0.2, 0) is 10.2 Å². The first-order chi connectivity index (χ1) is 9.17. The van der Waals surface area contributed by atoms with Crippen LogP contribution in [0.15, 0.2) is 24.3 Å². The Balaban J connectivity index is 1.94. The molecule has 1 saturated heterocycles. The Bertz CT molecular complexity index is 540. The second-order valence-corrected chi connectivity index (χ2v) is 5.83. The maximum Gasteiger partial charge on any atom is 0.234 e. The molecule has 98 valence electrons. The molecule has 1 saturated carbocycles. The topological polar surface area (TPSA) is 43.9 Å². The van der Waals surface area contributed by atoms with E-state index in [-0.39, 0.29) is 11.9 Å². The van der Waals surface area contributed by atoms with Crippen LogP contribution >= 0.6 is 11.6 Å². The number of hydrogen-bond donors (Lipinski definition) is 0. The first-order valence-electron chi connectivity index (χ1n) is 6.64. The first kappa shape index (κ1) is 12.5. The monoisotopic (exact) mass is 274 g/mol. The average Bonchev–Trinajstić information content (AvgIpc) is 3.06. The molecule has 2 aliphatic rings. The fourth-order valence-corrected chi connectivity index (χ4v) is 3.25. The number of carbonyl (C=O) groups is 1. The lowest BCUT2D eigenvalue weighted by Gasteiger charge is -2.28. The van der Waals surface area contributed by atoms with Crippen LogP contribution in [0.2, 0.25) is 5.02 Å². The fraction of sp³-hybridized carbons (Fsp3) is 0.467. The number of benzene rings is 1. The van der Waals surface area contributed by atoms with E-state index in [1.54, 1.807) is 4.90 Å². The van der Waals surface area contributed by atoms with Gasteiger partial charge >= 0.3 is 0 Å². The SMILES string of the molecule is N#CC1CN1C(=O)C1(c2ccc(Cl)cc2)CCCC1. The Labute approximate surface area is 117 Å². The molecule has 1 aliphatic carbocycles. The van der Waals surface area contributed by atoms with Crippen molar-refractivity contribution in [2.45, 2.75) is 37.1 Å². The summed E-state index contributed by atoms with van der Waals surface area (Å²) in [7, 11) is 0. The first-order valence-corrected chi connectivity index (χ1v) is 7.02. The molecule has 3 nitrogen and oxygen atoms in total. The summed E-state index contributed by atoms with van der Waals surface area (Å²) in [5.41, 5.74) is 0.624. The number of halogens is 1. The Kier molecular flexibility index (Phi) is 2.99. The molecule has 0 bridgehead atoms. The van der Waals surface area contributed by atoms with Gasteiger partial charge in [-0.15, -0.1) is 0 Å². The van der Waals surface area contributed by atoms with Crippen LogP contribution in [0, 0.1) is 11.3 Å². The minimum absolute atomic E-state index is 0.124. The van der Waals surface area contributed by atoms with Gasteiger partial charge in [-0.25, -0.2) is 0 Å². The molecule has 0 spiro atoms. The van der Waals surface area contributed by atoms with E-state index in [0.29, 0.717) is 11.6 Å². The summed E-state index contributed by atoms with van der Waals surface area (Å²) in [4.78, 5) is 14.4. The third-order valence-corrected chi connectivity index (χ3v) is 4.54. The second-order valence-electron chi connectivity index (χ2n) is 5.40. The Hall–Kier alpha value is -1.53. The van der Waals surface area contributed by atoms with Crippen LogP contribution < -0.4 is 0 Å². The lowest BCUT2D eigenvalue weighted by Crippen LogP contribution is -2.38. The highest BCUT2D eigenvalue weighted by molar-refractivity contribution is 6.30. The lowest BCUT2D eigenvalue weighted by molar-refractivity contribution is -0.131. The van der Waals surface area contributed by atoms with Crippen molar-refractivity contribution in [3.05, 3.63) is 34.9 Å². The zero-order valence-corrected chi connectivity index (χ0v) is 11.4. The summed E-state index contributed by atoms with van der Waals surface area (Å²) in [6.07, 6.45) is 3.89. The van der Waals surface area contributed by atoms with Crippen LogP contribution in [0.5, 0.6) is 0 Å². The number of carbonyl (C=O) groups excluding carboxylic acids is 1. The summed E-state index contributed by atoms with van der Waals surface area (Å²) >= 11 is 5.93. The molecule has 1 aliphatic heterocycles. The molecule has 0 aromatic heterocycles. The van der Waals surface area contributed by atoms with Crippen molar-refractivity contribution in [2.75, 3.05) is 6.54 Å². The summed E-state index contributed by atoms with van der Waals surface area (Å²) in [5.74, 6) is 0.124. The van der Waals surface area contributed by atoms with E-state index in [1.807, 2.05) is 24.3 Å². The lowest BCUT2D eigenvalue weighted by atomic mass is 9.78. The van der Waals surface area contributed by atoms with Gasteiger partial charge in [0.1, 0.15) is 6.04 Å². The van der Waals surface area contributed by atoms with Crippen LogP contribution in [0.3, 0.4) is 0 Å². The molecule has 1 heterocycles. The highest BCUT2D eigenvalue weighted by Gasteiger charge is 2.51. The molecule has 1 atom stereocenters. The Morgan fingerprint density at radius 1 is 1.32 bits per heavy atom. The van der Waals surface area contributed by atoms with E-state index >= 15 is 0 Å². The van der Waals surface area contributed by atoms with Gasteiger partial charge in [-0.2, -0.15) is 5.26 Å². The predicted molar refractivity (Wildman–Crippen MR) is 72.7 cm³/mol. The van der Waals surface area contributed by atoms with Crippen molar-refractivity contribution in [1.82, 2.24) is 4.90 Å². The van der Waals surface area contributed by atoms with Gasteiger partial charge in [-0.3, -0.25) is 4.79 Å². The highest BCUT2D eigenvalue weighted by Crippen LogP contribution is 2.44. The molecule has 4 heteroatoms. The Morgan fingerprint density at radius 3 is 2.47 bits per heavy atom. The number of nitriles is 1. The number of hydrogen-bond acceptors (Lipinski definition) is 2. The summed E-state index contributed by atoms with van der Waals surface area (Å²) in [6, 6.07) is 9.54. The average molecular weight is 275 g/mol. The largest absolute Gasteiger partial charge is 0.321 e. The third-order valence-electron chi connectivity index (χ3n) is 4.29. The van der Waals surface area contributed by atoms with Gasteiger partial charge in [0.05, 0.1) is 18.0 Å². The fourth-order valence-electron chi connectivity index (χ4n) is 3.12. The quantitative estimate of drug-likeness (QED) is 0.779. The van der Waals surface area contributed by atoms with Gasteiger partial charge in [0.2, 0.25) is 5.91 Å². The van der Waals surface area contributed by atoms with E-state index in [0.717, 1.165) is 31.2 Å². The van der Waals surface area contributed by atoms with E-state index in [2.05, 4.69) is 6.07 Å². The van der Waals surface area contributed by atoms with E-state index in [1.165, 1.54) is 0 Å². The molecule has 1 amide bonds. The highest BCUT2D eigenvalue weighted by atomic mass is 35.5. The zero-order valence-electron chi connectivity index (χ0n) is 10.6. The van der Waals surface area contributed by atoms with E-state index in [9.17, 15) is 4.79 Å². The third kappa shape index (κ3) is 2.01. The van der Waals surface area contributed by atoms with Crippen molar-refractivity contribution in [3.8, 4) is 6.07 Å². The van der Waals surface area contributed by atoms with Gasteiger partial charge in [0.15, 0.2) is 0 Å². The maximum atomic E-state index is 12.7. The molecule has 0 N–H and O–H groups in total. The van der Waals surface area contributed by atoms with Gasteiger partial charge in [-0.05, 0) is 30.5 Å². The van der Waals surface area contributed by atoms with Crippen molar-refractivity contribution in [3.63, 3.8) is 0 Å². The number of nitrogens with zero attached hydrogens (tertiary/aromatic N) is 2. The molecular weight excluding hydrogens is 260 g/mol. The van der Waals surface area contributed by atoms with Gasteiger partial charge < -0.3 is 4.90 Å². The van der Waals surface area contributed by atoms with Crippen molar-refractivity contribution >= 4 is 17.5 Å². The van der Waals surface area contributed by atoms with Crippen LogP contribution in [0.1, 0.15) is 31.2 Å². The minimum atomic E-state index is -0.420. The normalized spacial score (nSPS) is 24.0. The molecule has 0 radical (unpaired) electrons. The molecule has 1 aromatic carbocycles. The Morgan fingerprint density at radius 2 is 1.95 bits per heavy atom. The molecule has 19 heavy (non-hydrogen) atoms. The van der Waals surface area contributed by atoms with Gasteiger partial charge in [0, 0.05) is 5.02 Å². The van der Waals surface area contributed by atoms with Gasteiger partial charge in [0.25, 0.3) is 0 Å². The van der Waals surface area contributed by atoms with Crippen LogP contribution in [0.4, 0.5) is 0 Å². The second kappa shape index (κ2) is 4.54. The van der Waals surface area contributed by atoms with E-state index < -0.39 is 5.41 Å². The number of amides is 1.